The van der Waals surface area contributed by atoms with Crippen molar-refractivity contribution >= 4 is 34.8 Å². The van der Waals surface area contributed by atoms with Crippen LogP contribution in [0.3, 0.4) is 0 Å². The Bertz CT molecular complexity index is 697. The monoisotopic (exact) mass is 334 g/mol. The van der Waals surface area contributed by atoms with Crippen LogP contribution in [0.4, 0.5) is 0 Å². The van der Waals surface area contributed by atoms with E-state index in [2.05, 4.69) is 10.5 Å². The number of halogens is 2. The van der Waals surface area contributed by atoms with E-state index in [1.165, 1.54) is 6.07 Å². The lowest BCUT2D eigenvalue weighted by Gasteiger charge is -2.11. The largest absolute Gasteiger partial charge is 0.271 e. The average Bonchev–Trinajstić information content (AvgIpc) is 2.50. The van der Waals surface area contributed by atoms with E-state index in [1.54, 1.807) is 12.1 Å². The van der Waals surface area contributed by atoms with Crippen molar-refractivity contribution in [2.45, 2.75) is 13.8 Å². The third kappa shape index (κ3) is 4.09. The maximum absolute atomic E-state index is 12.1. The van der Waals surface area contributed by atoms with Crippen LogP contribution in [0, 0.1) is 5.92 Å². The molecule has 3 nitrogen and oxygen atoms in total. The van der Waals surface area contributed by atoms with E-state index in [4.69, 9.17) is 23.2 Å². The number of hydrogen-bond donors (Lipinski definition) is 1. The number of hydrazone groups is 1. The molecule has 0 atom stereocenters. The molecule has 0 unspecified atom stereocenters. The van der Waals surface area contributed by atoms with Gasteiger partial charge in [0.25, 0.3) is 5.91 Å². The first-order chi connectivity index (χ1) is 10.5. The number of hydrogen-bond acceptors (Lipinski definition) is 2. The van der Waals surface area contributed by atoms with Crippen LogP contribution in [-0.4, -0.2) is 11.6 Å². The molecule has 22 heavy (non-hydrogen) atoms. The molecule has 2 rings (SSSR count). The first-order valence-corrected chi connectivity index (χ1v) is 7.63. The predicted octanol–water partition coefficient (Wildman–Crippen LogP) is 4.78. The Kier molecular flexibility index (Phi) is 5.58. The molecule has 1 N–H and O–H groups in total. The molecule has 0 radical (unpaired) electrons. The van der Waals surface area contributed by atoms with Gasteiger partial charge in [-0.3, -0.25) is 4.79 Å². The molecule has 0 aliphatic carbocycles. The Balaban J connectivity index is 2.20. The maximum atomic E-state index is 12.1. The van der Waals surface area contributed by atoms with E-state index < -0.39 is 0 Å². The van der Waals surface area contributed by atoms with Gasteiger partial charge in [0, 0.05) is 5.56 Å². The highest BCUT2D eigenvalue weighted by molar-refractivity contribution is 6.42. The summed E-state index contributed by atoms with van der Waals surface area (Å²) in [6.07, 6.45) is 0. The van der Waals surface area contributed by atoms with Crippen molar-refractivity contribution in [2.24, 2.45) is 11.0 Å². The Morgan fingerprint density at radius 1 is 1.00 bits per heavy atom. The quantitative estimate of drug-likeness (QED) is 0.634. The van der Waals surface area contributed by atoms with Gasteiger partial charge in [-0.2, -0.15) is 5.10 Å². The van der Waals surface area contributed by atoms with Gasteiger partial charge in [0.2, 0.25) is 0 Å². The third-order valence-electron chi connectivity index (χ3n) is 3.08. The normalized spacial score (nSPS) is 11.6. The molecule has 5 heteroatoms. The van der Waals surface area contributed by atoms with E-state index in [1.807, 2.05) is 44.2 Å². The summed E-state index contributed by atoms with van der Waals surface area (Å²) in [5, 5.41) is 5.01. The number of benzene rings is 2. The van der Waals surface area contributed by atoms with Crippen LogP contribution in [-0.2, 0) is 0 Å². The summed E-state index contributed by atoms with van der Waals surface area (Å²) in [5.41, 5.74) is 4.78. The van der Waals surface area contributed by atoms with Crippen LogP contribution >= 0.6 is 23.2 Å². The first kappa shape index (κ1) is 16.5. The second-order valence-corrected chi connectivity index (χ2v) is 5.90. The summed E-state index contributed by atoms with van der Waals surface area (Å²) >= 11 is 11.8. The first-order valence-electron chi connectivity index (χ1n) is 6.87. The zero-order valence-electron chi connectivity index (χ0n) is 12.3. The molecule has 0 aromatic heterocycles. The van der Waals surface area contributed by atoms with Crippen molar-refractivity contribution < 1.29 is 4.79 Å². The molecular formula is C17H16Cl2N2O. The number of carbonyl (C=O) groups is 1. The van der Waals surface area contributed by atoms with E-state index in [-0.39, 0.29) is 11.8 Å². The molecule has 0 aliphatic heterocycles. The number of nitrogens with zero attached hydrogens (tertiary/aromatic N) is 1. The van der Waals surface area contributed by atoms with Gasteiger partial charge < -0.3 is 0 Å². The summed E-state index contributed by atoms with van der Waals surface area (Å²) in [6.45, 7) is 4.05. The highest BCUT2D eigenvalue weighted by atomic mass is 35.5. The fraction of sp³-hybridized carbons (Fsp3) is 0.176. The zero-order valence-corrected chi connectivity index (χ0v) is 13.8. The van der Waals surface area contributed by atoms with Crippen LogP contribution in [0.5, 0.6) is 0 Å². The van der Waals surface area contributed by atoms with E-state index >= 15 is 0 Å². The molecular weight excluding hydrogens is 319 g/mol. The Labute approximate surface area is 139 Å². The lowest BCUT2D eigenvalue weighted by molar-refractivity contribution is 0.0954. The molecule has 0 saturated carbocycles. The number of amides is 1. The number of rotatable bonds is 4. The fourth-order valence-corrected chi connectivity index (χ4v) is 2.25. The van der Waals surface area contributed by atoms with Crippen molar-refractivity contribution in [1.82, 2.24) is 5.43 Å². The predicted molar refractivity (Wildman–Crippen MR) is 91.7 cm³/mol. The van der Waals surface area contributed by atoms with Crippen molar-refractivity contribution in [1.29, 1.82) is 0 Å². The Morgan fingerprint density at radius 3 is 2.27 bits per heavy atom. The van der Waals surface area contributed by atoms with Crippen LogP contribution in [0.1, 0.15) is 29.8 Å². The van der Waals surface area contributed by atoms with Gasteiger partial charge >= 0.3 is 0 Å². The summed E-state index contributed by atoms with van der Waals surface area (Å²) in [5.74, 6) is -0.149. The molecule has 0 aliphatic rings. The van der Waals surface area contributed by atoms with Gasteiger partial charge in [-0.25, -0.2) is 5.43 Å². The fourth-order valence-electron chi connectivity index (χ4n) is 1.95. The molecule has 114 valence electrons. The summed E-state index contributed by atoms with van der Waals surface area (Å²) in [6, 6.07) is 14.5. The second-order valence-electron chi connectivity index (χ2n) is 5.09. The lowest BCUT2D eigenvalue weighted by atomic mass is 10.0. The van der Waals surface area contributed by atoms with Crippen molar-refractivity contribution in [3.05, 3.63) is 69.7 Å². The van der Waals surface area contributed by atoms with Crippen molar-refractivity contribution in [3.8, 4) is 0 Å². The Morgan fingerprint density at radius 2 is 1.68 bits per heavy atom. The number of nitrogens with one attached hydrogen (secondary N) is 1. The van der Waals surface area contributed by atoms with Crippen LogP contribution < -0.4 is 5.43 Å². The molecule has 2 aromatic carbocycles. The molecule has 0 heterocycles. The van der Waals surface area contributed by atoms with Crippen LogP contribution in [0.15, 0.2) is 53.6 Å². The second kappa shape index (κ2) is 7.43. The van der Waals surface area contributed by atoms with Gasteiger partial charge in [-0.1, -0.05) is 67.4 Å². The minimum atomic E-state index is -0.326. The standard InChI is InChI=1S/C17H16Cl2N2O/c1-11(2)16(12-6-4-3-5-7-12)20-21-17(22)13-8-9-14(18)15(19)10-13/h3-11H,1-2H3,(H,21,22)/b20-16+. The Hall–Kier alpha value is -1.84. The number of carbonyl (C=O) groups excluding carboxylic acids is 1. The van der Waals surface area contributed by atoms with E-state index in [0.717, 1.165) is 11.3 Å². The smallest absolute Gasteiger partial charge is 0.267 e. The SMILES string of the molecule is CC(C)/C(=N\NC(=O)c1ccc(Cl)c(Cl)c1)c1ccccc1. The van der Waals surface area contributed by atoms with Gasteiger partial charge in [-0.15, -0.1) is 0 Å². The molecule has 1 amide bonds. The zero-order chi connectivity index (χ0) is 16.1. The van der Waals surface area contributed by atoms with E-state index in [9.17, 15) is 4.79 Å². The molecule has 0 fully saturated rings. The minimum absolute atomic E-state index is 0.177. The molecule has 0 spiro atoms. The van der Waals surface area contributed by atoms with Crippen molar-refractivity contribution in [2.75, 3.05) is 0 Å². The van der Waals surface area contributed by atoms with Crippen LogP contribution in [0.25, 0.3) is 0 Å². The molecule has 2 aromatic rings. The summed E-state index contributed by atoms with van der Waals surface area (Å²) in [4.78, 5) is 12.1. The average molecular weight is 335 g/mol. The van der Waals surface area contributed by atoms with E-state index in [0.29, 0.717) is 15.6 Å². The highest BCUT2D eigenvalue weighted by Gasteiger charge is 2.11. The highest BCUT2D eigenvalue weighted by Crippen LogP contribution is 2.22. The topological polar surface area (TPSA) is 41.5 Å². The van der Waals surface area contributed by atoms with Gasteiger partial charge in [0.15, 0.2) is 0 Å². The minimum Gasteiger partial charge on any atom is -0.267 e. The van der Waals surface area contributed by atoms with Crippen molar-refractivity contribution in [3.63, 3.8) is 0 Å². The van der Waals surface area contributed by atoms with Gasteiger partial charge in [0.05, 0.1) is 15.8 Å². The molecule has 0 bridgehead atoms. The summed E-state index contributed by atoms with van der Waals surface area (Å²) < 4.78 is 0. The summed E-state index contributed by atoms with van der Waals surface area (Å²) in [7, 11) is 0. The van der Waals surface area contributed by atoms with Gasteiger partial charge in [0.1, 0.15) is 0 Å². The maximum Gasteiger partial charge on any atom is 0.271 e. The molecule has 0 saturated heterocycles. The van der Waals surface area contributed by atoms with Crippen LogP contribution in [0.2, 0.25) is 10.0 Å². The van der Waals surface area contributed by atoms with Gasteiger partial charge in [-0.05, 0) is 29.7 Å². The third-order valence-corrected chi connectivity index (χ3v) is 3.82. The lowest BCUT2D eigenvalue weighted by Crippen LogP contribution is -2.22.